The molecule has 66 heavy (non-hydrogen) atoms. The fraction of sp³-hybridized carbons (Fsp3) is 0.864. The van der Waals surface area contributed by atoms with Gasteiger partial charge in [-0.25, -0.2) is 0 Å². The highest BCUT2D eigenvalue weighted by atomic mass is 32.2. The van der Waals surface area contributed by atoms with Crippen LogP contribution in [0, 0.1) is 33.5 Å². The van der Waals surface area contributed by atoms with Crippen molar-refractivity contribution in [3.63, 3.8) is 0 Å². The van der Waals surface area contributed by atoms with Gasteiger partial charge in [0.1, 0.15) is 0 Å². The van der Waals surface area contributed by atoms with Crippen molar-refractivity contribution in [2.24, 2.45) is 33.5 Å². The lowest BCUT2D eigenvalue weighted by molar-refractivity contribution is -0.164. The zero-order valence-corrected chi connectivity index (χ0v) is 44.9. The van der Waals surface area contributed by atoms with Gasteiger partial charge < -0.3 is 29.2 Å². The van der Waals surface area contributed by atoms with Crippen LogP contribution in [0.5, 0.6) is 0 Å². The molecule has 2 rings (SSSR count). The number of aliphatic carboxylic acids is 2. The average Bonchev–Trinajstić information content (AvgIpc) is 3.20. The van der Waals surface area contributed by atoms with Gasteiger partial charge in [-0.1, -0.05) is 39.5 Å². The predicted octanol–water partition coefficient (Wildman–Crippen LogP) is 10.1. The van der Waals surface area contributed by atoms with Gasteiger partial charge in [0.15, 0.2) is 0 Å². The smallest absolute Gasteiger partial charge is 0.340 e. The largest absolute Gasteiger partial charge is 0.481 e. The Kier molecular flexibility index (Phi) is 25.6. The summed E-state index contributed by atoms with van der Waals surface area (Å²) in [6, 6.07) is 0. The molecular weight excluding hydrogens is 943 g/mol. The number of ether oxygens (including phenoxy) is 4. The predicted molar refractivity (Wildman–Crippen MR) is 252 cm³/mol. The summed E-state index contributed by atoms with van der Waals surface area (Å²) in [6.07, 6.45) is 5.17. The van der Waals surface area contributed by atoms with E-state index in [1.165, 1.54) is 23.5 Å². The molecule has 2 aliphatic heterocycles. The van der Waals surface area contributed by atoms with Crippen molar-refractivity contribution in [3.8, 4) is 0 Å². The van der Waals surface area contributed by atoms with Crippen molar-refractivity contribution in [3.05, 3.63) is 0 Å². The summed E-state index contributed by atoms with van der Waals surface area (Å²) in [4.78, 5) is 71.7. The number of carbonyl (C=O) groups excluding carboxylic acids is 4. The SMILES string of the molecule is CCCC[C@@H]1SC[C@@H](C(=O)O)C[C@@H]1P(=O)(OCOC(=O)C(C)(C)C)OCOC(=O)C(C)(C)C.CCCC[C@H]1SC[C@@H](C(=O)O)C[C@H]1P(=O)(OCOC(=O)C(C)(C)C)OCOC(=O)C(C)(C)C. The van der Waals surface area contributed by atoms with E-state index in [9.17, 15) is 48.1 Å². The first kappa shape index (κ1) is 61.8. The van der Waals surface area contributed by atoms with Gasteiger partial charge in [-0.05, 0) is 109 Å². The molecule has 0 aromatic rings. The molecule has 0 aromatic heterocycles. The fourth-order valence-corrected chi connectivity index (χ4v) is 14.1. The molecular formula is C44H78O18P2S2. The molecule has 0 bridgehead atoms. The second kappa shape index (κ2) is 27.3. The Labute approximate surface area is 400 Å². The van der Waals surface area contributed by atoms with Crippen LogP contribution in [0.15, 0.2) is 0 Å². The Morgan fingerprint density at radius 3 is 0.924 bits per heavy atom. The van der Waals surface area contributed by atoms with Crippen LogP contribution >= 0.6 is 38.7 Å². The van der Waals surface area contributed by atoms with E-state index < -0.39 is 123 Å². The van der Waals surface area contributed by atoms with E-state index in [0.29, 0.717) is 24.3 Å². The molecule has 0 saturated carbocycles. The van der Waals surface area contributed by atoms with Crippen LogP contribution in [0.1, 0.15) is 148 Å². The molecule has 18 nitrogen and oxygen atoms in total. The normalized spacial score (nSPS) is 22.0. The molecule has 2 fully saturated rings. The van der Waals surface area contributed by atoms with Gasteiger partial charge in [0, 0.05) is 22.0 Å². The molecule has 22 heteroatoms. The van der Waals surface area contributed by atoms with E-state index in [4.69, 9.17) is 37.0 Å². The number of carboxylic acid groups (broad SMARTS) is 2. The highest BCUT2D eigenvalue weighted by molar-refractivity contribution is 8.00. The number of esters is 4. The van der Waals surface area contributed by atoms with E-state index in [-0.39, 0.29) is 23.3 Å². The highest BCUT2D eigenvalue weighted by Gasteiger charge is 2.49. The van der Waals surface area contributed by atoms with Gasteiger partial charge in [-0.15, -0.1) is 0 Å². The lowest BCUT2D eigenvalue weighted by atomic mass is 9.98. The van der Waals surface area contributed by atoms with Crippen molar-refractivity contribution >= 4 is 74.5 Å². The summed E-state index contributed by atoms with van der Waals surface area (Å²) in [5.74, 6) is -4.77. The number of rotatable bonds is 22. The highest BCUT2D eigenvalue weighted by Crippen LogP contribution is 2.61. The van der Waals surface area contributed by atoms with Crippen molar-refractivity contribution < 1.29 is 85.2 Å². The second-order valence-electron chi connectivity index (χ2n) is 20.5. The molecule has 6 atom stereocenters. The van der Waals surface area contributed by atoms with Crippen LogP contribution in [0.4, 0.5) is 0 Å². The molecule has 0 unspecified atom stereocenters. The van der Waals surface area contributed by atoms with Crippen LogP contribution < -0.4 is 0 Å². The van der Waals surface area contributed by atoms with Crippen LogP contribution in [-0.4, -0.2) is 107 Å². The Morgan fingerprint density at radius 2 is 0.727 bits per heavy atom. The maximum Gasteiger partial charge on any atom is 0.340 e. The first-order chi connectivity index (χ1) is 30.2. The monoisotopic (exact) mass is 1020 g/mol. The molecule has 2 aliphatic rings. The minimum absolute atomic E-state index is 0.0917. The summed E-state index contributed by atoms with van der Waals surface area (Å²) >= 11 is 2.87. The first-order valence-electron chi connectivity index (χ1n) is 22.4. The summed E-state index contributed by atoms with van der Waals surface area (Å²) in [6.45, 7) is 21.7. The van der Waals surface area contributed by atoms with Crippen molar-refractivity contribution in [2.75, 3.05) is 38.7 Å². The third-order valence-corrected chi connectivity index (χ3v) is 18.5. The second-order valence-corrected chi connectivity index (χ2v) is 27.6. The van der Waals surface area contributed by atoms with E-state index in [1.54, 1.807) is 83.1 Å². The first-order valence-corrected chi connectivity index (χ1v) is 27.7. The number of carboxylic acids is 2. The summed E-state index contributed by atoms with van der Waals surface area (Å²) in [5.41, 5.74) is -4.62. The number of hydrogen-bond donors (Lipinski definition) is 2. The molecule has 0 radical (unpaired) electrons. The summed E-state index contributed by atoms with van der Waals surface area (Å²) in [5, 5.41) is 18.7. The van der Waals surface area contributed by atoms with Gasteiger partial charge >= 0.3 is 51.0 Å². The lowest BCUT2D eigenvalue weighted by Crippen LogP contribution is -2.37. The molecule has 0 amide bonds. The number of hydrogen-bond acceptors (Lipinski definition) is 18. The fourth-order valence-electron chi connectivity index (χ4n) is 6.03. The van der Waals surface area contributed by atoms with E-state index in [0.717, 1.165) is 25.7 Å². The van der Waals surface area contributed by atoms with Crippen LogP contribution in [0.2, 0.25) is 0 Å². The van der Waals surface area contributed by atoms with Crippen LogP contribution in [0.3, 0.4) is 0 Å². The summed E-state index contributed by atoms with van der Waals surface area (Å²) < 4.78 is 70.5. The molecule has 0 spiro atoms. The topological polar surface area (TPSA) is 251 Å². The van der Waals surface area contributed by atoms with Gasteiger partial charge in [0.25, 0.3) is 0 Å². The van der Waals surface area contributed by atoms with E-state index in [2.05, 4.69) is 0 Å². The summed E-state index contributed by atoms with van der Waals surface area (Å²) in [7, 11) is -8.05. The van der Waals surface area contributed by atoms with Gasteiger partial charge in [-0.2, -0.15) is 23.5 Å². The zero-order chi connectivity index (χ0) is 50.9. The van der Waals surface area contributed by atoms with Crippen molar-refractivity contribution in [1.82, 2.24) is 0 Å². The van der Waals surface area contributed by atoms with Crippen LogP contribution in [-0.2, 0) is 74.9 Å². The maximum atomic E-state index is 13.9. The maximum absolute atomic E-state index is 13.9. The lowest BCUT2D eigenvalue weighted by Gasteiger charge is -2.37. The minimum Gasteiger partial charge on any atom is -0.481 e. The number of unbranched alkanes of at least 4 members (excludes halogenated alkanes) is 2. The Morgan fingerprint density at radius 1 is 0.485 bits per heavy atom. The van der Waals surface area contributed by atoms with Gasteiger partial charge in [-0.3, -0.25) is 56.0 Å². The Balaban J connectivity index is 0.000000660. The molecule has 2 heterocycles. The van der Waals surface area contributed by atoms with E-state index >= 15 is 0 Å². The van der Waals surface area contributed by atoms with Crippen molar-refractivity contribution in [2.45, 2.75) is 170 Å². The standard InChI is InChI=1S/2C22H39O9PS/c2*1-8-9-10-17-16(11-15(12-33-17)18(23)24)32(27,30-13-28-19(25)21(2,3)4)31-14-29-20(26)22(5,6)7/h2*15-17H,8-14H2,1-7H3,(H,23,24)/t15-,16+,17+;15-,16-,17-/m00/s1. The zero-order valence-electron chi connectivity index (χ0n) is 41.5. The molecule has 0 aromatic carbocycles. The molecule has 384 valence electrons. The third-order valence-electron chi connectivity index (χ3n) is 10.3. The van der Waals surface area contributed by atoms with Gasteiger partial charge in [0.05, 0.1) is 44.8 Å². The third kappa shape index (κ3) is 21.2. The number of carbonyl (C=O) groups is 6. The van der Waals surface area contributed by atoms with Gasteiger partial charge in [0.2, 0.25) is 27.2 Å². The molecule has 0 aliphatic carbocycles. The van der Waals surface area contributed by atoms with E-state index in [1.807, 2.05) is 13.8 Å². The molecule has 2 N–H and O–H groups in total. The number of thioether (sulfide) groups is 2. The Bertz CT molecular complexity index is 1500. The quantitative estimate of drug-likeness (QED) is 0.0443. The Hall–Kier alpha value is -2.18. The van der Waals surface area contributed by atoms with Crippen molar-refractivity contribution in [1.29, 1.82) is 0 Å². The van der Waals surface area contributed by atoms with Crippen LogP contribution in [0.25, 0.3) is 0 Å². The minimum atomic E-state index is -4.02. The molecule has 2 saturated heterocycles. The average molecular weight is 1020 g/mol.